The van der Waals surface area contributed by atoms with Crippen LogP contribution in [0.2, 0.25) is 0 Å². The Kier molecular flexibility index (Phi) is 5.26. The van der Waals surface area contributed by atoms with Crippen LogP contribution in [-0.2, 0) is 0 Å². The van der Waals surface area contributed by atoms with E-state index in [1.165, 1.54) is 0 Å². The summed E-state index contributed by atoms with van der Waals surface area (Å²) in [5, 5.41) is 24.4. The summed E-state index contributed by atoms with van der Waals surface area (Å²) in [6.07, 6.45) is 1.78. The number of aromatic hydroxyl groups is 2. The summed E-state index contributed by atoms with van der Waals surface area (Å²) >= 11 is 5.77. The molecule has 2 aromatic carbocycles. The van der Waals surface area contributed by atoms with Crippen LogP contribution in [-0.4, -0.2) is 24.9 Å². The molecule has 0 saturated carbocycles. The minimum Gasteiger partial charge on any atom is -0.508 e. The highest BCUT2D eigenvalue weighted by molar-refractivity contribution is 7.80. The predicted octanol–water partition coefficient (Wildman–Crippen LogP) is 5.08. The summed E-state index contributed by atoms with van der Waals surface area (Å²) in [5.41, 5.74) is 5.67. The highest BCUT2D eigenvalue weighted by Crippen LogP contribution is 2.45. The van der Waals surface area contributed by atoms with Crippen LogP contribution in [0.15, 0.2) is 79.0 Å². The van der Waals surface area contributed by atoms with Crippen molar-refractivity contribution < 1.29 is 10.2 Å². The van der Waals surface area contributed by atoms with E-state index in [-0.39, 0.29) is 23.6 Å². The van der Waals surface area contributed by atoms with Gasteiger partial charge in [-0.15, -0.1) is 0 Å². The molecular weight excluding hydrogens is 432 g/mol. The third-order valence-corrected chi connectivity index (χ3v) is 6.45. The molecule has 1 saturated heterocycles. The van der Waals surface area contributed by atoms with Gasteiger partial charge in [-0.05, 0) is 86.2 Å². The molecule has 0 radical (unpaired) electrons. The van der Waals surface area contributed by atoms with Crippen molar-refractivity contribution in [3.05, 3.63) is 102 Å². The number of rotatable bonds is 4. The van der Waals surface area contributed by atoms with E-state index in [1.807, 2.05) is 47.4 Å². The molecule has 166 valence electrons. The summed E-state index contributed by atoms with van der Waals surface area (Å²) in [6, 6.07) is 22.0. The number of thiocarbonyl (C=S) groups is 1. The summed E-state index contributed by atoms with van der Waals surface area (Å²) in [5.74, 6) is 0.397. The van der Waals surface area contributed by atoms with Crippen LogP contribution in [0.3, 0.4) is 0 Å². The second kappa shape index (κ2) is 8.26. The highest BCUT2D eigenvalue weighted by atomic mass is 32.1. The van der Waals surface area contributed by atoms with E-state index >= 15 is 0 Å². The van der Waals surface area contributed by atoms with Crippen molar-refractivity contribution in [3.63, 3.8) is 0 Å². The molecule has 3 N–H and O–H groups in total. The number of nitrogens with zero attached hydrogens (tertiary/aromatic N) is 3. The normalized spacial score (nSPS) is 17.9. The fraction of sp³-hybridized carbons (Fsp3) is 0.154. The van der Waals surface area contributed by atoms with Gasteiger partial charge in [-0.3, -0.25) is 4.98 Å². The van der Waals surface area contributed by atoms with E-state index < -0.39 is 0 Å². The largest absolute Gasteiger partial charge is 0.508 e. The van der Waals surface area contributed by atoms with Crippen molar-refractivity contribution in [3.8, 4) is 17.2 Å². The van der Waals surface area contributed by atoms with E-state index in [0.717, 1.165) is 28.3 Å². The number of benzene rings is 2. The first kappa shape index (κ1) is 21.0. The number of aryl methyl sites for hydroxylation is 1. The lowest BCUT2D eigenvalue weighted by atomic mass is 9.96. The maximum absolute atomic E-state index is 10.7. The Hall–Kier alpha value is -3.84. The number of aromatic nitrogens is 2. The van der Waals surface area contributed by atoms with E-state index in [2.05, 4.69) is 34.8 Å². The molecule has 0 amide bonds. The van der Waals surface area contributed by atoms with Crippen LogP contribution < -0.4 is 10.2 Å². The Labute approximate surface area is 197 Å². The number of anilines is 1. The van der Waals surface area contributed by atoms with E-state index in [4.69, 9.17) is 12.2 Å². The molecule has 5 rings (SSSR count). The van der Waals surface area contributed by atoms with Crippen LogP contribution in [0.5, 0.6) is 11.5 Å². The van der Waals surface area contributed by atoms with Gasteiger partial charge in [0.15, 0.2) is 5.11 Å². The first-order chi connectivity index (χ1) is 16.0. The Morgan fingerprint density at radius 3 is 2.36 bits per heavy atom. The quantitative estimate of drug-likeness (QED) is 0.372. The van der Waals surface area contributed by atoms with Gasteiger partial charge in [0.2, 0.25) is 0 Å². The van der Waals surface area contributed by atoms with Gasteiger partial charge in [0.05, 0.1) is 23.5 Å². The highest BCUT2D eigenvalue weighted by Gasteiger charge is 2.43. The topological polar surface area (TPSA) is 73.5 Å². The molecule has 0 bridgehead atoms. The molecule has 1 fully saturated rings. The second-order valence-corrected chi connectivity index (χ2v) is 8.55. The number of nitrogens with one attached hydrogen (secondary N) is 1. The van der Waals surface area contributed by atoms with Gasteiger partial charge in [-0.1, -0.05) is 18.2 Å². The van der Waals surface area contributed by atoms with E-state index in [1.54, 1.807) is 30.5 Å². The van der Waals surface area contributed by atoms with E-state index in [0.29, 0.717) is 10.8 Å². The smallest absolute Gasteiger partial charge is 0.174 e. The number of para-hydroxylation sites is 2. The second-order valence-electron chi connectivity index (χ2n) is 8.16. The summed E-state index contributed by atoms with van der Waals surface area (Å²) in [4.78, 5) is 6.58. The lowest BCUT2D eigenvalue weighted by Crippen LogP contribution is -2.29. The Bertz CT molecular complexity index is 1320. The monoisotopic (exact) mass is 456 g/mol. The van der Waals surface area contributed by atoms with Crippen molar-refractivity contribution in [2.75, 3.05) is 4.90 Å². The molecule has 1 aliphatic heterocycles. The summed E-state index contributed by atoms with van der Waals surface area (Å²) < 4.78 is 2.16. The lowest BCUT2D eigenvalue weighted by molar-refractivity contribution is 0.472. The number of phenols is 2. The molecule has 2 atom stereocenters. The van der Waals surface area contributed by atoms with Crippen molar-refractivity contribution >= 4 is 23.0 Å². The first-order valence-electron chi connectivity index (χ1n) is 10.7. The molecule has 2 aromatic heterocycles. The molecule has 3 heterocycles. The van der Waals surface area contributed by atoms with Crippen LogP contribution in [0.4, 0.5) is 5.69 Å². The molecule has 7 heteroatoms. The van der Waals surface area contributed by atoms with Crippen LogP contribution in [0.1, 0.15) is 34.7 Å². The van der Waals surface area contributed by atoms with Gasteiger partial charge in [0, 0.05) is 23.3 Å². The van der Waals surface area contributed by atoms with Gasteiger partial charge in [-0.25, -0.2) is 0 Å². The minimum absolute atomic E-state index is 0.167. The first-order valence-corrected chi connectivity index (χ1v) is 11.1. The van der Waals surface area contributed by atoms with Gasteiger partial charge < -0.3 is 25.0 Å². The minimum atomic E-state index is -0.224. The predicted molar refractivity (Wildman–Crippen MR) is 133 cm³/mol. The fourth-order valence-corrected chi connectivity index (χ4v) is 5.02. The molecule has 4 aromatic rings. The average molecular weight is 457 g/mol. The van der Waals surface area contributed by atoms with Gasteiger partial charge in [0.1, 0.15) is 11.5 Å². The van der Waals surface area contributed by atoms with Crippen molar-refractivity contribution in [1.82, 2.24) is 14.9 Å². The molecule has 1 aliphatic rings. The number of hydrogen-bond acceptors (Lipinski definition) is 4. The zero-order valence-electron chi connectivity index (χ0n) is 18.3. The van der Waals surface area contributed by atoms with Crippen LogP contribution in [0.25, 0.3) is 5.69 Å². The third-order valence-electron chi connectivity index (χ3n) is 6.14. The third kappa shape index (κ3) is 3.60. The van der Waals surface area contributed by atoms with Gasteiger partial charge in [0.25, 0.3) is 0 Å². The number of pyridine rings is 1. The van der Waals surface area contributed by atoms with Crippen molar-refractivity contribution in [2.45, 2.75) is 25.9 Å². The fourth-order valence-electron chi connectivity index (χ4n) is 4.68. The van der Waals surface area contributed by atoms with Gasteiger partial charge >= 0.3 is 0 Å². The van der Waals surface area contributed by atoms with Crippen LogP contribution >= 0.6 is 12.2 Å². The summed E-state index contributed by atoms with van der Waals surface area (Å²) in [7, 11) is 0. The molecule has 0 spiro atoms. The molecule has 33 heavy (non-hydrogen) atoms. The zero-order chi connectivity index (χ0) is 23.1. The van der Waals surface area contributed by atoms with Gasteiger partial charge in [-0.2, -0.15) is 0 Å². The Balaban J connectivity index is 1.69. The number of hydrogen-bond donors (Lipinski definition) is 3. The van der Waals surface area contributed by atoms with Crippen LogP contribution in [0, 0.1) is 13.8 Å². The van der Waals surface area contributed by atoms with E-state index in [9.17, 15) is 10.2 Å². The maximum Gasteiger partial charge on any atom is 0.174 e. The zero-order valence-corrected chi connectivity index (χ0v) is 19.1. The Morgan fingerprint density at radius 2 is 1.67 bits per heavy atom. The Morgan fingerprint density at radius 1 is 0.939 bits per heavy atom. The average Bonchev–Trinajstić information content (AvgIpc) is 3.31. The number of phenolic OH excluding ortho intramolecular Hbond substituents is 2. The summed E-state index contributed by atoms with van der Waals surface area (Å²) in [6.45, 7) is 4.14. The molecule has 0 aliphatic carbocycles. The molecule has 6 nitrogen and oxygen atoms in total. The molecule has 2 unspecified atom stereocenters. The SMILES string of the molecule is Cc1cc(C2C(c3ccccn3)NC(=S)N2c2ccccc2O)c(C)n1-c1ccc(O)cc1. The lowest BCUT2D eigenvalue weighted by Gasteiger charge is -2.28. The molecular formula is C26H24N4O2S. The standard InChI is InChI=1S/C26H24N4O2S/c1-16-15-20(17(2)29(16)18-10-12-19(31)13-11-18)25-24(21-7-5-6-14-27-21)28-26(33)30(25)22-8-3-4-9-23(22)32/h3-15,24-25,31-32H,1-2H3,(H,28,33). The maximum atomic E-state index is 10.7. The van der Waals surface area contributed by atoms with Crippen molar-refractivity contribution in [1.29, 1.82) is 0 Å². The van der Waals surface area contributed by atoms with Crippen molar-refractivity contribution in [2.24, 2.45) is 0 Å².